The second-order valence-electron chi connectivity index (χ2n) is 7.76. The maximum absolute atomic E-state index is 13.4. The van der Waals surface area contributed by atoms with E-state index < -0.39 is 5.95 Å². The van der Waals surface area contributed by atoms with Crippen molar-refractivity contribution in [2.75, 3.05) is 19.6 Å². The summed E-state index contributed by atoms with van der Waals surface area (Å²) in [5, 5.41) is 2.92. The average Bonchev–Trinajstić information content (AvgIpc) is 2.82. The van der Waals surface area contributed by atoms with Crippen LogP contribution in [0.1, 0.15) is 33.6 Å². The van der Waals surface area contributed by atoms with Crippen molar-refractivity contribution in [3.05, 3.63) is 83.8 Å². The molecule has 1 N–H and O–H groups in total. The minimum Gasteiger partial charge on any atom is -0.352 e. The van der Waals surface area contributed by atoms with E-state index in [2.05, 4.69) is 15.3 Å². The summed E-state index contributed by atoms with van der Waals surface area (Å²) in [6.07, 6.45) is 4.25. The molecule has 4 rings (SSSR count). The summed E-state index contributed by atoms with van der Waals surface area (Å²) in [6.45, 7) is 1.59. The van der Waals surface area contributed by atoms with Gasteiger partial charge in [0, 0.05) is 49.2 Å². The minimum atomic E-state index is -0.674. The van der Waals surface area contributed by atoms with Gasteiger partial charge in [0.05, 0.1) is 11.3 Å². The maximum Gasteiger partial charge on any atom is 0.254 e. The number of piperidine rings is 1. The molecule has 0 aliphatic carbocycles. The number of benzene rings is 1. The van der Waals surface area contributed by atoms with Gasteiger partial charge in [-0.1, -0.05) is 12.1 Å². The third kappa shape index (κ3) is 5.14. The molecule has 1 saturated heterocycles. The standard InChI is InChI=1S/C24H22F2N4O2/c25-20-3-1-2-17(12-20)21-5-4-19(15-28-21)23(31)29-14-16-7-10-30(11-8-16)24(32)18-6-9-27-22(26)13-18/h1-6,9,12-13,15-16H,7-8,10-11,14H2,(H,29,31). The maximum atomic E-state index is 13.4. The molecule has 8 heteroatoms. The molecule has 2 amide bonds. The summed E-state index contributed by atoms with van der Waals surface area (Å²) in [4.78, 5) is 34.4. The van der Waals surface area contributed by atoms with Crippen LogP contribution in [0.2, 0.25) is 0 Å². The molecule has 0 radical (unpaired) electrons. The number of carbonyl (C=O) groups is 2. The summed E-state index contributed by atoms with van der Waals surface area (Å²) in [5.74, 6) is -1.21. The van der Waals surface area contributed by atoms with E-state index >= 15 is 0 Å². The van der Waals surface area contributed by atoms with Gasteiger partial charge in [-0.15, -0.1) is 0 Å². The van der Waals surface area contributed by atoms with E-state index in [4.69, 9.17) is 0 Å². The quantitative estimate of drug-likeness (QED) is 0.619. The van der Waals surface area contributed by atoms with Crippen LogP contribution in [0.5, 0.6) is 0 Å². The van der Waals surface area contributed by atoms with Crippen LogP contribution in [0.25, 0.3) is 11.3 Å². The van der Waals surface area contributed by atoms with E-state index in [-0.39, 0.29) is 23.5 Å². The lowest BCUT2D eigenvalue weighted by atomic mass is 9.96. The zero-order chi connectivity index (χ0) is 22.5. The molecule has 3 heterocycles. The number of hydrogen-bond donors (Lipinski definition) is 1. The third-order valence-corrected chi connectivity index (χ3v) is 5.57. The fraction of sp³-hybridized carbons (Fsp3) is 0.250. The first-order chi connectivity index (χ1) is 15.5. The summed E-state index contributed by atoms with van der Waals surface area (Å²) in [6, 6.07) is 12.1. The molecule has 1 aliphatic rings. The number of amides is 2. The highest BCUT2D eigenvalue weighted by Crippen LogP contribution is 2.20. The summed E-state index contributed by atoms with van der Waals surface area (Å²) in [5.41, 5.74) is 1.95. The van der Waals surface area contributed by atoms with Crippen molar-refractivity contribution in [2.24, 2.45) is 5.92 Å². The highest BCUT2D eigenvalue weighted by atomic mass is 19.1. The number of hydrogen-bond acceptors (Lipinski definition) is 4. The summed E-state index contributed by atoms with van der Waals surface area (Å²) in [7, 11) is 0. The van der Waals surface area contributed by atoms with Crippen LogP contribution in [-0.2, 0) is 0 Å². The first-order valence-electron chi connectivity index (χ1n) is 10.4. The molecule has 3 aromatic rings. The molecule has 32 heavy (non-hydrogen) atoms. The topological polar surface area (TPSA) is 75.2 Å². The second-order valence-corrected chi connectivity index (χ2v) is 7.76. The van der Waals surface area contributed by atoms with Crippen molar-refractivity contribution >= 4 is 11.8 Å². The molecule has 2 aromatic heterocycles. The number of halogens is 2. The van der Waals surface area contributed by atoms with Gasteiger partial charge < -0.3 is 10.2 Å². The Balaban J connectivity index is 1.26. The van der Waals surface area contributed by atoms with E-state index in [1.54, 1.807) is 29.2 Å². The Morgan fingerprint density at radius 2 is 1.81 bits per heavy atom. The normalized spacial score (nSPS) is 14.2. The fourth-order valence-corrected chi connectivity index (χ4v) is 3.74. The first kappa shape index (κ1) is 21.5. The zero-order valence-electron chi connectivity index (χ0n) is 17.3. The summed E-state index contributed by atoms with van der Waals surface area (Å²) < 4.78 is 26.6. The monoisotopic (exact) mass is 436 g/mol. The predicted molar refractivity (Wildman–Crippen MR) is 115 cm³/mol. The summed E-state index contributed by atoms with van der Waals surface area (Å²) >= 11 is 0. The van der Waals surface area contributed by atoms with Crippen LogP contribution < -0.4 is 5.32 Å². The molecule has 1 aliphatic heterocycles. The molecule has 6 nitrogen and oxygen atoms in total. The molecule has 0 unspecified atom stereocenters. The van der Waals surface area contributed by atoms with Crippen LogP contribution in [0.3, 0.4) is 0 Å². The van der Waals surface area contributed by atoms with Gasteiger partial charge >= 0.3 is 0 Å². The van der Waals surface area contributed by atoms with Gasteiger partial charge in [0.25, 0.3) is 11.8 Å². The van der Waals surface area contributed by atoms with Crippen molar-refractivity contribution in [2.45, 2.75) is 12.8 Å². The molecule has 164 valence electrons. The van der Waals surface area contributed by atoms with Crippen LogP contribution >= 0.6 is 0 Å². The number of carbonyl (C=O) groups excluding carboxylic acids is 2. The Bertz CT molecular complexity index is 1110. The molecule has 0 spiro atoms. The van der Waals surface area contributed by atoms with E-state index in [1.807, 2.05) is 0 Å². The van der Waals surface area contributed by atoms with Crippen molar-refractivity contribution in [3.8, 4) is 11.3 Å². The fourth-order valence-electron chi connectivity index (χ4n) is 3.74. The molecule has 0 saturated carbocycles. The van der Waals surface area contributed by atoms with Gasteiger partial charge in [-0.2, -0.15) is 4.39 Å². The molecular formula is C24H22F2N4O2. The lowest BCUT2D eigenvalue weighted by molar-refractivity contribution is 0.0683. The molecule has 0 atom stereocenters. The van der Waals surface area contributed by atoms with Gasteiger partial charge in [0.1, 0.15) is 5.82 Å². The zero-order valence-corrected chi connectivity index (χ0v) is 17.3. The first-order valence-corrected chi connectivity index (χ1v) is 10.4. The number of nitrogens with zero attached hydrogens (tertiary/aromatic N) is 3. The van der Waals surface area contributed by atoms with Crippen LogP contribution in [0.15, 0.2) is 60.9 Å². The van der Waals surface area contributed by atoms with Gasteiger partial charge in [-0.25, -0.2) is 9.37 Å². The molecule has 1 fully saturated rings. The molecule has 1 aromatic carbocycles. The Labute approximate surface area is 184 Å². The van der Waals surface area contributed by atoms with Crippen molar-refractivity contribution < 1.29 is 18.4 Å². The lowest BCUT2D eigenvalue weighted by Crippen LogP contribution is -2.41. The van der Waals surface area contributed by atoms with E-state index in [0.717, 1.165) is 18.9 Å². The Kier molecular flexibility index (Phi) is 6.49. The van der Waals surface area contributed by atoms with Crippen LogP contribution in [0, 0.1) is 17.7 Å². The van der Waals surface area contributed by atoms with Gasteiger partial charge in [-0.05, 0) is 49.1 Å². The molecule has 0 bridgehead atoms. The van der Waals surface area contributed by atoms with E-state index in [0.29, 0.717) is 42.0 Å². The number of aromatic nitrogens is 2. The predicted octanol–water partition coefficient (Wildman–Crippen LogP) is 3.70. The van der Waals surface area contributed by atoms with Crippen molar-refractivity contribution in [3.63, 3.8) is 0 Å². The van der Waals surface area contributed by atoms with Crippen molar-refractivity contribution in [1.29, 1.82) is 0 Å². The van der Waals surface area contributed by atoms with Crippen molar-refractivity contribution in [1.82, 2.24) is 20.2 Å². The third-order valence-electron chi connectivity index (χ3n) is 5.57. The van der Waals surface area contributed by atoms with Crippen LogP contribution in [0.4, 0.5) is 8.78 Å². The number of pyridine rings is 2. The Morgan fingerprint density at radius 1 is 1.00 bits per heavy atom. The SMILES string of the molecule is O=C(NCC1CCN(C(=O)c2ccnc(F)c2)CC1)c1ccc(-c2cccc(F)c2)nc1. The van der Waals surface area contributed by atoms with Gasteiger partial charge in [-0.3, -0.25) is 14.6 Å². The largest absolute Gasteiger partial charge is 0.352 e. The number of rotatable bonds is 5. The number of nitrogens with one attached hydrogen (secondary N) is 1. The van der Waals surface area contributed by atoms with Gasteiger partial charge in [0.15, 0.2) is 0 Å². The minimum absolute atomic E-state index is 0.210. The van der Waals surface area contributed by atoms with Crippen LogP contribution in [-0.4, -0.2) is 46.3 Å². The Morgan fingerprint density at radius 3 is 2.50 bits per heavy atom. The van der Waals surface area contributed by atoms with E-state index in [1.165, 1.54) is 30.6 Å². The highest BCUT2D eigenvalue weighted by molar-refractivity contribution is 5.94. The van der Waals surface area contributed by atoms with E-state index in [9.17, 15) is 18.4 Å². The highest BCUT2D eigenvalue weighted by Gasteiger charge is 2.24. The molecular weight excluding hydrogens is 414 g/mol. The smallest absolute Gasteiger partial charge is 0.254 e. The second kappa shape index (κ2) is 9.64. The van der Waals surface area contributed by atoms with Gasteiger partial charge in [0.2, 0.25) is 5.95 Å². The number of likely N-dealkylation sites (tertiary alicyclic amines) is 1. The lowest BCUT2D eigenvalue weighted by Gasteiger charge is -2.32. The average molecular weight is 436 g/mol. The Hall–Kier alpha value is -3.68.